The lowest BCUT2D eigenvalue weighted by Gasteiger charge is -2.37. The zero-order valence-electron chi connectivity index (χ0n) is 27.6. The summed E-state index contributed by atoms with van der Waals surface area (Å²) in [5.41, 5.74) is 4.77. The first-order chi connectivity index (χ1) is 22.9. The minimum Gasteiger partial charge on any atom is -0.379 e. The van der Waals surface area contributed by atoms with Gasteiger partial charge in [0.2, 0.25) is 11.9 Å². The average Bonchev–Trinajstić information content (AvgIpc) is 3.49. The third kappa shape index (κ3) is 9.28. The van der Waals surface area contributed by atoms with Crippen LogP contribution in [0.15, 0.2) is 60.7 Å². The van der Waals surface area contributed by atoms with Crippen molar-refractivity contribution in [2.45, 2.75) is 33.1 Å². The number of nitrogens with zero attached hydrogens (tertiary/aromatic N) is 6. The predicted molar refractivity (Wildman–Crippen MR) is 187 cm³/mol. The van der Waals surface area contributed by atoms with Gasteiger partial charge in [0.25, 0.3) is 0 Å². The number of benzene rings is 2. The molecule has 0 radical (unpaired) electrons. The van der Waals surface area contributed by atoms with Gasteiger partial charge in [0, 0.05) is 81.6 Å². The van der Waals surface area contributed by atoms with Crippen molar-refractivity contribution in [3.05, 3.63) is 77.5 Å². The lowest BCUT2D eigenvalue weighted by atomic mass is 10.0. The molecule has 12 heteroatoms. The Hall–Kier alpha value is -4.52. The molecule has 1 amide bonds. The Bertz CT molecular complexity index is 1590. The lowest BCUT2D eigenvalue weighted by Crippen LogP contribution is -2.49. The maximum atomic E-state index is 12.7. The number of rotatable bonds is 12. The van der Waals surface area contributed by atoms with Gasteiger partial charge in [0.1, 0.15) is 11.6 Å². The van der Waals surface area contributed by atoms with Crippen molar-refractivity contribution in [3.63, 3.8) is 0 Å². The van der Waals surface area contributed by atoms with Gasteiger partial charge in [-0.15, -0.1) is 0 Å². The molecule has 4 heterocycles. The van der Waals surface area contributed by atoms with Crippen LogP contribution in [0, 0.1) is 6.92 Å². The van der Waals surface area contributed by atoms with E-state index in [2.05, 4.69) is 66.8 Å². The number of morpholine rings is 1. The van der Waals surface area contributed by atoms with Crippen LogP contribution in [0.1, 0.15) is 36.6 Å². The maximum absolute atomic E-state index is 12.7. The summed E-state index contributed by atoms with van der Waals surface area (Å²) in [5, 5.41) is 17.0. The van der Waals surface area contributed by atoms with Gasteiger partial charge in [0.05, 0.1) is 19.6 Å². The number of H-pyrrole nitrogens is 1. The molecule has 2 saturated heterocycles. The average molecular weight is 639 g/mol. The first-order valence-corrected chi connectivity index (χ1v) is 16.6. The molecule has 248 valence electrons. The highest BCUT2D eigenvalue weighted by molar-refractivity contribution is 5.92. The number of carbonyl (C=O) groups is 1. The van der Waals surface area contributed by atoms with Gasteiger partial charge in [-0.25, -0.2) is 0 Å². The molecule has 0 bridgehead atoms. The van der Waals surface area contributed by atoms with Crippen LogP contribution in [0.4, 0.5) is 34.8 Å². The van der Waals surface area contributed by atoms with Crippen LogP contribution in [0.5, 0.6) is 0 Å². The monoisotopic (exact) mass is 638 g/mol. The van der Waals surface area contributed by atoms with Gasteiger partial charge in [0.15, 0.2) is 5.82 Å². The first-order valence-electron chi connectivity index (χ1n) is 16.6. The molecule has 0 aliphatic carbocycles. The van der Waals surface area contributed by atoms with Crippen LogP contribution in [-0.2, 0) is 16.0 Å². The summed E-state index contributed by atoms with van der Waals surface area (Å²) in [5.74, 6) is 3.11. The van der Waals surface area contributed by atoms with Crippen molar-refractivity contribution in [3.8, 4) is 0 Å². The lowest BCUT2D eigenvalue weighted by molar-refractivity contribution is -0.115. The topological polar surface area (TPSA) is 127 Å². The molecule has 12 nitrogen and oxygen atoms in total. The van der Waals surface area contributed by atoms with Crippen molar-refractivity contribution in [2.24, 2.45) is 0 Å². The predicted octanol–water partition coefficient (Wildman–Crippen LogP) is 4.75. The normalized spacial score (nSPS) is 16.0. The number of aromatic amines is 1. The second-order valence-corrected chi connectivity index (χ2v) is 12.6. The number of nitrogens with one attached hydrogen (secondary N) is 4. The number of carbonyl (C=O) groups excluding carboxylic acids is 1. The standard InChI is InChI=1S/C35H46N10O2/c1-25(2)28-6-10-29(11-7-28)36-34(46)23-27-4-8-30(9-5-27)37-35-39-31(38-32-22-26(3)41-42-32)24-33(40-35)45-16-14-43(15-17-45)12-13-44-18-20-47-21-19-44/h4-11,22,24-25H,12-21,23H2,1-3H3,(H,36,46)(H3,37,38,39,40,41,42). The fraction of sp³-hybridized carbons (Fsp3) is 0.429. The molecule has 4 aromatic rings. The summed E-state index contributed by atoms with van der Waals surface area (Å²) in [6, 6.07) is 19.8. The summed E-state index contributed by atoms with van der Waals surface area (Å²) < 4.78 is 5.49. The molecule has 47 heavy (non-hydrogen) atoms. The highest BCUT2D eigenvalue weighted by Crippen LogP contribution is 2.25. The van der Waals surface area contributed by atoms with Crippen LogP contribution >= 0.6 is 0 Å². The van der Waals surface area contributed by atoms with Crippen molar-refractivity contribution < 1.29 is 9.53 Å². The summed E-state index contributed by atoms with van der Waals surface area (Å²) >= 11 is 0. The molecular weight excluding hydrogens is 592 g/mol. The fourth-order valence-electron chi connectivity index (χ4n) is 5.81. The number of aryl methyl sites for hydroxylation is 1. The Morgan fingerprint density at radius 1 is 0.830 bits per heavy atom. The van der Waals surface area contributed by atoms with Crippen molar-refractivity contribution in [2.75, 3.05) is 86.4 Å². The molecule has 0 spiro atoms. The van der Waals surface area contributed by atoms with E-state index < -0.39 is 0 Å². The molecule has 2 aliphatic rings. The quantitative estimate of drug-likeness (QED) is 0.173. The minimum absolute atomic E-state index is 0.0513. The van der Waals surface area contributed by atoms with E-state index in [-0.39, 0.29) is 12.3 Å². The zero-order valence-corrected chi connectivity index (χ0v) is 27.6. The Morgan fingerprint density at radius 3 is 2.17 bits per heavy atom. The van der Waals surface area contributed by atoms with E-state index in [1.807, 2.05) is 55.5 Å². The van der Waals surface area contributed by atoms with Gasteiger partial charge in [-0.1, -0.05) is 38.1 Å². The van der Waals surface area contributed by atoms with Crippen LogP contribution in [-0.4, -0.2) is 101 Å². The molecule has 2 aromatic heterocycles. The smallest absolute Gasteiger partial charge is 0.231 e. The fourth-order valence-corrected chi connectivity index (χ4v) is 5.81. The van der Waals surface area contributed by atoms with E-state index in [1.165, 1.54) is 5.56 Å². The number of piperazine rings is 1. The number of aromatic nitrogens is 4. The third-order valence-electron chi connectivity index (χ3n) is 8.64. The van der Waals surface area contributed by atoms with Crippen LogP contribution in [0.25, 0.3) is 0 Å². The minimum atomic E-state index is -0.0513. The molecule has 0 saturated carbocycles. The summed E-state index contributed by atoms with van der Waals surface area (Å²) in [6.45, 7) is 15.9. The highest BCUT2D eigenvalue weighted by atomic mass is 16.5. The van der Waals surface area contributed by atoms with Gasteiger partial charge < -0.3 is 25.6 Å². The molecular formula is C35H46N10O2. The molecule has 2 aliphatic heterocycles. The van der Waals surface area contributed by atoms with Crippen molar-refractivity contribution >= 4 is 40.7 Å². The Kier molecular flexibility index (Phi) is 10.6. The van der Waals surface area contributed by atoms with Crippen molar-refractivity contribution in [1.82, 2.24) is 30.0 Å². The number of amides is 1. The van der Waals surface area contributed by atoms with E-state index in [1.54, 1.807) is 0 Å². The van der Waals surface area contributed by atoms with E-state index in [0.717, 1.165) is 94.0 Å². The largest absolute Gasteiger partial charge is 0.379 e. The van der Waals surface area contributed by atoms with E-state index in [0.29, 0.717) is 23.5 Å². The van der Waals surface area contributed by atoms with E-state index in [9.17, 15) is 4.79 Å². The number of hydrogen-bond acceptors (Lipinski definition) is 10. The second-order valence-electron chi connectivity index (χ2n) is 12.6. The van der Waals surface area contributed by atoms with Crippen LogP contribution < -0.4 is 20.9 Å². The summed E-state index contributed by atoms with van der Waals surface area (Å²) in [4.78, 5) is 29.7. The summed E-state index contributed by atoms with van der Waals surface area (Å²) in [6.07, 6.45) is 0.285. The molecule has 0 atom stereocenters. The van der Waals surface area contributed by atoms with Crippen molar-refractivity contribution in [1.29, 1.82) is 0 Å². The molecule has 0 unspecified atom stereocenters. The van der Waals surface area contributed by atoms with Gasteiger partial charge >= 0.3 is 0 Å². The van der Waals surface area contributed by atoms with E-state index in [4.69, 9.17) is 14.7 Å². The molecule has 6 rings (SSSR count). The first kappa shape index (κ1) is 32.4. The highest BCUT2D eigenvalue weighted by Gasteiger charge is 2.21. The Morgan fingerprint density at radius 2 is 1.51 bits per heavy atom. The number of anilines is 6. The zero-order chi connectivity index (χ0) is 32.6. The second kappa shape index (κ2) is 15.4. The SMILES string of the molecule is Cc1cc(Nc2cc(N3CCN(CCN4CCOCC4)CC3)nc(Nc3ccc(CC(=O)Nc4ccc(C(C)C)cc4)cc3)n2)n[nH]1. The number of hydrogen-bond donors (Lipinski definition) is 4. The van der Waals surface area contributed by atoms with Gasteiger partial charge in [-0.05, 0) is 48.2 Å². The molecule has 4 N–H and O–H groups in total. The Balaban J connectivity index is 1.08. The number of ether oxygens (including phenoxy) is 1. The molecule has 2 aromatic carbocycles. The molecule has 2 fully saturated rings. The van der Waals surface area contributed by atoms with E-state index >= 15 is 0 Å². The van der Waals surface area contributed by atoms with Crippen LogP contribution in [0.2, 0.25) is 0 Å². The summed E-state index contributed by atoms with van der Waals surface area (Å²) in [7, 11) is 0. The Labute approximate surface area is 276 Å². The van der Waals surface area contributed by atoms with Crippen LogP contribution in [0.3, 0.4) is 0 Å². The third-order valence-corrected chi connectivity index (χ3v) is 8.64. The van der Waals surface area contributed by atoms with Gasteiger partial charge in [-0.2, -0.15) is 15.1 Å². The maximum Gasteiger partial charge on any atom is 0.231 e. The van der Waals surface area contributed by atoms with Gasteiger partial charge in [-0.3, -0.25) is 19.7 Å².